The fourth-order valence-electron chi connectivity index (χ4n) is 3.61. The van der Waals surface area contributed by atoms with Crippen LogP contribution in [0.5, 0.6) is 5.75 Å². The summed E-state index contributed by atoms with van der Waals surface area (Å²) in [6, 6.07) is 15.5. The van der Waals surface area contributed by atoms with E-state index in [1.54, 1.807) is 7.11 Å². The predicted molar refractivity (Wildman–Crippen MR) is 110 cm³/mol. The molecule has 2 aromatic rings. The third-order valence-corrected chi connectivity index (χ3v) is 5.39. The minimum absolute atomic E-state index is 0.0463. The maximum atomic E-state index is 12.6. The van der Waals surface area contributed by atoms with Crippen LogP contribution in [-0.2, 0) is 22.4 Å². The molecule has 5 nitrogen and oxygen atoms in total. The molecule has 0 aromatic heterocycles. The van der Waals surface area contributed by atoms with Crippen molar-refractivity contribution in [2.24, 2.45) is 5.92 Å². The summed E-state index contributed by atoms with van der Waals surface area (Å²) in [5, 5.41) is 3.07. The quantitative estimate of drug-likeness (QED) is 0.832. The van der Waals surface area contributed by atoms with Crippen molar-refractivity contribution in [3.05, 3.63) is 59.7 Å². The first-order valence-corrected chi connectivity index (χ1v) is 9.90. The normalized spacial score (nSPS) is 14.6. The number of hydrogen-bond donors (Lipinski definition) is 1. The van der Waals surface area contributed by atoms with Crippen LogP contribution in [0.3, 0.4) is 0 Å². The van der Waals surface area contributed by atoms with E-state index >= 15 is 0 Å². The monoisotopic (exact) mass is 380 g/mol. The molecule has 0 spiro atoms. The zero-order chi connectivity index (χ0) is 19.9. The molecular weight excluding hydrogens is 352 g/mol. The molecule has 0 bridgehead atoms. The van der Waals surface area contributed by atoms with Crippen molar-refractivity contribution in [2.75, 3.05) is 25.5 Å². The third-order valence-electron chi connectivity index (χ3n) is 5.39. The molecule has 1 aliphatic heterocycles. The number of nitrogens with zero attached hydrogens (tertiary/aromatic N) is 1. The van der Waals surface area contributed by atoms with Gasteiger partial charge in [-0.25, -0.2) is 0 Å². The highest BCUT2D eigenvalue weighted by Gasteiger charge is 2.27. The summed E-state index contributed by atoms with van der Waals surface area (Å²) in [4.78, 5) is 27.1. The Labute approximate surface area is 166 Å². The van der Waals surface area contributed by atoms with E-state index in [-0.39, 0.29) is 17.7 Å². The van der Waals surface area contributed by atoms with Crippen molar-refractivity contribution in [1.29, 1.82) is 0 Å². The Balaban J connectivity index is 1.50. The van der Waals surface area contributed by atoms with E-state index < -0.39 is 0 Å². The van der Waals surface area contributed by atoms with Gasteiger partial charge in [0.15, 0.2) is 0 Å². The van der Waals surface area contributed by atoms with Crippen LogP contribution in [0.4, 0.5) is 5.69 Å². The fraction of sp³-hybridized carbons (Fsp3) is 0.391. The van der Waals surface area contributed by atoms with E-state index in [1.807, 2.05) is 53.4 Å². The van der Waals surface area contributed by atoms with Gasteiger partial charge in [-0.05, 0) is 48.6 Å². The maximum Gasteiger partial charge on any atom is 0.227 e. The molecule has 1 fully saturated rings. The molecule has 28 heavy (non-hydrogen) atoms. The van der Waals surface area contributed by atoms with Crippen LogP contribution in [0.1, 0.15) is 30.9 Å². The van der Waals surface area contributed by atoms with Gasteiger partial charge in [-0.15, -0.1) is 0 Å². The molecule has 148 valence electrons. The number of hydrogen-bond acceptors (Lipinski definition) is 3. The predicted octanol–water partition coefficient (Wildman–Crippen LogP) is 3.68. The molecule has 0 aliphatic carbocycles. The first kappa shape index (κ1) is 19.9. The lowest BCUT2D eigenvalue weighted by molar-refractivity contribution is -0.133. The average Bonchev–Trinajstić information content (AvgIpc) is 2.74. The first-order chi connectivity index (χ1) is 13.6. The maximum absolute atomic E-state index is 12.6. The Hall–Kier alpha value is -2.82. The second-order valence-corrected chi connectivity index (χ2v) is 7.18. The summed E-state index contributed by atoms with van der Waals surface area (Å²) in [5.74, 6) is 0.908. The summed E-state index contributed by atoms with van der Waals surface area (Å²) >= 11 is 0. The standard InChI is InChI=1S/C23H28N2O3/c1-3-18-6-4-5-7-21(18)24-23(27)19-12-14-25(15-13-19)22(26)16-17-8-10-20(28-2)11-9-17/h4-11,19H,3,12-16H2,1-2H3,(H,24,27). The summed E-state index contributed by atoms with van der Waals surface area (Å²) in [5.41, 5.74) is 3.01. The van der Waals surface area contributed by atoms with Crippen molar-refractivity contribution in [3.8, 4) is 5.75 Å². The first-order valence-electron chi connectivity index (χ1n) is 9.90. The van der Waals surface area contributed by atoms with Crippen molar-refractivity contribution in [1.82, 2.24) is 4.90 Å². The Morgan fingerprint density at radius 1 is 1.07 bits per heavy atom. The molecule has 2 amide bonds. The Morgan fingerprint density at radius 3 is 2.39 bits per heavy atom. The Kier molecular flexibility index (Phi) is 6.69. The number of carbonyl (C=O) groups excluding carboxylic acids is 2. The number of methoxy groups -OCH3 is 1. The van der Waals surface area contributed by atoms with Gasteiger partial charge in [0.2, 0.25) is 11.8 Å². The van der Waals surface area contributed by atoms with Gasteiger partial charge in [0.05, 0.1) is 13.5 Å². The molecule has 1 aliphatic rings. The minimum Gasteiger partial charge on any atom is -0.497 e. The summed E-state index contributed by atoms with van der Waals surface area (Å²) in [6.45, 7) is 3.34. The van der Waals surface area contributed by atoms with E-state index in [0.29, 0.717) is 32.4 Å². The van der Waals surface area contributed by atoms with Gasteiger partial charge in [0.1, 0.15) is 5.75 Å². The summed E-state index contributed by atoms with van der Waals surface area (Å²) in [7, 11) is 1.63. The van der Waals surface area contributed by atoms with E-state index in [9.17, 15) is 9.59 Å². The lowest BCUT2D eigenvalue weighted by Crippen LogP contribution is -2.42. The van der Waals surface area contributed by atoms with Crippen molar-refractivity contribution >= 4 is 17.5 Å². The molecule has 1 saturated heterocycles. The van der Waals surface area contributed by atoms with Crippen molar-refractivity contribution in [3.63, 3.8) is 0 Å². The van der Waals surface area contributed by atoms with E-state index in [1.165, 1.54) is 0 Å². The van der Waals surface area contributed by atoms with Gasteiger partial charge >= 0.3 is 0 Å². The SMILES string of the molecule is CCc1ccccc1NC(=O)C1CCN(C(=O)Cc2ccc(OC)cc2)CC1. The van der Waals surface area contributed by atoms with Gasteiger partial charge in [0, 0.05) is 24.7 Å². The lowest BCUT2D eigenvalue weighted by atomic mass is 9.95. The number of anilines is 1. The Bertz CT molecular complexity index is 809. The second-order valence-electron chi connectivity index (χ2n) is 7.18. The molecule has 1 heterocycles. The summed E-state index contributed by atoms with van der Waals surface area (Å²) < 4.78 is 5.15. The Morgan fingerprint density at radius 2 is 1.75 bits per heavy atom. The number of aryl methyl sites for hydroxylation is 1. The zero-order valence-corrected chi connectivity index (χ0v) is 16.6. The van der Waals surface area contributed by atoms with Crippen molar-refractivity contribution < 1.29 is 14.3 Å². The molecule has 0 radical (unpaired) electrons. The highest BCUT2D eigenvalue weighted by molar-refractivity contribution is 5.93. The van der Waals surface area contributed by atoms with Crippen LogP contribution in [0, 0.1) is 5.92 Å². The van der Waals surface area contributed by atoms with E-state index in [2.05, 4.69) is 12.2 Å². The molecule has 0 unspecified atom stereocenters. The number of carbonyl (C=O) groups is 2. The zero-order valence-electron chi connectivity index (χ0n) is 16.6. The van der Waals surface area contributed by atoms with Crippen LogP contribution in [0.2, 0.25) is 0 Å². The highest BCUT2D eigenvalue weighted by atomic mass is 16.5. The van der Waals surface area contributed by atoms with Gasteiger partial charge < -0.3 is 15.0 Å². The highest BCUT2D eigenvalue weighted by Crippen LogP contribution is 2.22. The van der Waals surface area contributed by atoms with Gasteiger partial charge in [-0.2, -0.15) is 0 Å². The molecule has 3 rings (SSSR count). The molecule has 0 atom stereocenters. The topological polar surface area (TPSA) is 58.6 Å². The van der Waals surface area contributed by atoms with E-state index in [4.69, 9.17) is 4.74 Å². The van der Waals surface area contributed by atoms with Crippen LogP contribution < -0.4 is 10.1 Å². The molecule has 0 saturated carbocycles. The third kappa shape index (κ3) is 4.91. The number of piperidine rings is 1. The molecular formula is C23H28N2O3. The number of likely N-dealkylation sites (tertiary alicyclic amines) is 1. The van der Waals surface area contributed by atoms with Crippen molar-refractivity contribution in [2.45, 2.75) is 32.6 Å². The fourth-order valence-corrected chi connectivity index (χ4v) is 3.61. The van der Waals surface area contributed by atoms with Crippen LogP contribution >= 0.6 is 0 Å². The van der Waals surface area contributed by atoms with Gasteiger partial charge in [0.25, 0.3) is 0 Å². The smallest absolute Gasteiger partial charge is 0.227 e. The second kappa shape index (κ2) is 9.40. The molecule has 2 aromatic carbocycles. The van der Waals surface area contributed by atoms with Crippen LogP contribution in [0.25, 0.3) is 0 Å². The number of ether oxygens (including phenoxy) is 1. The minimum atomic E-state index is -0.0463. The number of nitrogens with one attached hydrogen (secondary N) is 1. The number of para-hydroxylation sites is 1. The van der Waals surface area contributed by atoms with E-state index in [0.717, 1.165) is 29.0 Å². The van der Waals surface area contributed by atoms with Gasteiger partial charge in [-0.1, -0.05) is 37.3 Å². The number of benzene rings is 2. The molecule has 5 heteroatoms. The van der Waals surface area contributed by atoms with Crippen LogP contribution in [-0.4, -0.2) is 36.9 Å². The molecule has 1 N–H and O–H groups in total. The number of amides is 2. The number of rotatable bonds is 6. The van der Waals surface area contributed by atoms with Gasteiger partial charge in [-0.3, -0.25) is 9.59 Å². The average molecular weight is 380 g/mol. The summed E-state index contributed by atoms with van der Waals surface area (Å²) in [6.07, 6.45) is 2.67. The lowest BCUT2D eigenvalue weighted by Gasteiger charge is -2.31. The largest absolute Gasteiger partial charge is 0.497 e. The van der Waals surface area contributed by atoms with Crippen LogP contribution in [0.15, 0.2) is 48.5 Å².